The van der Waals surface area contributed by atoms with Crippen molar-refractivity contribution in [1.82, 2.24) is 10.6 Å². The SMILES string of the molecule is CC(C)(C)OC(=O)NCCCNC(=O)CCc1ccc(COSI)cc1. The van der Waals surface area contributed by atoms with Crippen LogP contribution in [0.3, 0.4) is 0 Å². The second-order valence-electron chi connectivity index (χ2n) is 6.77. The molecule has 1 aromatic rings. The Morgan fingerprint density at radius 3 is 2.31 bits per heavy atom. The predicted octanol–water partition coefficient (Wildman–Crippen LogP) is 4.17. The number of carbonyl (C=O) groups excluding carboxylic acids is 2. The first-order valence-electron chi connectivity index (χ1n) is 8.52. The van der Waals surface area contributed by atoms with E-state index in [2.05, 4.69) is 31.8 Å². The van der Waals surface area contributed by atoms with Gasteiger partial charge in [0.2, 0.25) is 5.91 Å². The van der Waals surface area contributed by atoms with Crippen LogP contribution in [0.25, 0.3) is 0 Å². The molecular formula is C18H27IN2O4S. The van der Waals surface area contributed by atoms with Gasteiger partial charge in [-0.05, 0) is 44.7 Å². The van der Waals surface area contributed by atoms with Crippen LogP contribution in [0.5, 0.6) is 0 Å². The van der Waals surface area contributed by atoms with Crippen molar-refractivity contribution in [2.45, 2.75) is 52.2 Å². The van der Waals surface area contributed by atoms with Crippen LogP contribution < -0.4 is 10.6 Å². The average Bonchev–Trinajstić information content (AvgIpc) is 2.57. The van der Waals surface area contributed by atoms with Crippen LogP contribution in [0.2, 0.25) is 0 Å². The number of hydrogen-bond acceptors (Lipinski definition) is 5. The van der Waals surface area contributed by atoms with E-state index >= 15 is 0 Å². The molecule has 0 aromatic heterocycles. The number of hydrogen-bond donors (Lipinski definition) is 2. The molecule has 0 unspecified atom stereocenters. The Hall–Kier alpha value is -1.000. The maximum atomic E-state index is 11.9. The van der Waals surface area contributed by atoms with Crippen LogP contribution >= 0.6 is 30.4 Å². The molecule has 0 spiro atoms. The van der Waals surface area contributed by atoms with Crippen LogP contribution in [0.15, 0.2) is 24.3 Å². The van der Waals surface area contributed by atoms with Crippen LogP contribution in [-0.4, -0.2) is 30.7 Å². The van der Waals surface area contributed by atoms with Crippen molar-refractivity contribution in [3.63, 3.8) is 0 Å². The quantitative estimate of drug-likeness (QED) is 0.290. The zero-order valence-corrected chi connectivity index (χ0v) is 18.4. The van der Waals surface area contributed by atoms with Crippen LogP contribution in [0, 0.1) is 0 Å². The van der Waals surface area contributed by atoms with Gasteiger partial charge in [0, 0.05) is 40.7 Å². The highest BCUT2D eigenvalue weighted by Crippen LogP contribution is 2.16. The summed E-state index contributed by atoms with van der Waals surface area (Å²) < 4.78 is 10.4. The summed E-state index contributed by atoms with van der Waals surface area (Å²) in [5.41, 5.74) is 1.73. The molecule has 6 nitrogen and oxygen atoms in total. The number of nitrogens with one attached hydrogen (secondary N) is 2. The zero-order chi connectivity index (χ0) is 19.4. The first-order valence-corrected chi connectivity index (χ1v) is 11.8. The standard InChI is InChI=1S/C18H27IN2O4S/c1-18(2,3)25-17(23)21-12-4-11-20-16(22)10-9-14-5-7-15(8-6-14)13-24-26-19/h5-8H,4,9-13H2,1-3H3,(H,20,22)(H,21,23). The molecule has 0 aliphatic carbocycles. The van der Waals surface area contributed by atoms with E-state index in [0.717, 1.165) is 11.1 Å². The first-order chi connectivity index (χ1) is 12.3. The van der Waals surface area contributed by atoms with Crippen LogP contribution in [-0.2, 0) is 26.7 Å². The fourth-order valence-electron chi connectivity index (χ4n) is 2.06. The van der Waals surface area contributed by atoms with E-state index in [4.69, 9.17) is 8.92 Å². The number of amides is 2. The lowest BCUT2D eigenvalue weighted by molar-refractivity contribution is -0.121. The minimum absolute atomic E-state index is 0.0102. The van der Waals surface area contributed by atoms with E-state index in [-0.39, 0.29) is 5.91 Å². The largest absolute Gasteiger partial charge is 0.444 e. The number of rotatable bonds is 10. The second kappa shape index (κ2) is 12.4. The third-order valence-corrected chi connectivity index (χ3v) is 4.25. The fraction of sp³-hybridized carbons (Fsp3) is 0.556. The van der Waals surface area contributed by atoms with E-state index < -0.39 is 11.7 Å². The first kappa shape index (κ1) is 23.0. The molecule has 0 aliphatic rings. The molecule has 0 saturated heterocycles. The molecule has 2 N–H and O–H groups in total. The lowest BCUT2D eigenvalue weighted by atomic mass is 10.1. The normalized spacial score (nSPS) is 11.1. The molecule has 2 amide bonds. The highest BCUT2D eigenvalue weighted by Gasteiger charge is 2.15. The molecule has 1 rings (SSSR count). The molecule has 0 fully saturated rings. The summed E-state index contributed by atoms with van der Waals surface area (Å²) in [7, 11) is 1.32. The fourth-order valence-corrected chi connectivity index (χ4v) is 2.62. The lowest BCUT2D eigenvalue weighted by Crippen LogP contribution is -2.34. The molecule has 0 aliphatic heterocycles. The molecule has 0 radical (unpaired) electrons. The maximum Gasteiger partial charge on any atom is 0.407 e. The van der Waals surface area contributed by atoms with E-state index in [1.165, 1.54) is 9.21 Å². The highest BCUT2D eigenvalue weighted by atomic mass is 127. The van der Waals surface area contributed by atoms with E-state index in [9.17, 15) is 9.59 Å². The van der Waals surface area contributed by atoms with Crippen LogP contribution in [0.1, 0.15) is 44.7 Å². The van der Waals surface area contributed by atoms with Crippen molar-refractivity contribution in [3.8, 4) is 0 Å². The van der Waals surface area contributed by atoms with Gasteiger partial charge in [-0.2, -0.15) is 0 Å². The predicted molar refractivity (Wildman–Crippen MR) is 113 cm³/mol. The molecule has 26 heavy (non-hydrogen) atoms. The molecule has 0 saturated carbocycles. The van der Waals surface area contributed by atoms with Gasteiger partial charge in [-0.25, -0.2) is 4.79 Å². The molecule has 1 aromatic carbocycles. The van der Waals surface area contributed by atoms with E-state index in [0.29, 0.717) is 39.0 Å². The molecule has 0 heterocycles. The summed E-state index contributed by atoms with van der Waals surface area (Å²) in [6, 6.07) is 8.08. The topological polar surface area (TPSA) is 76.7 Å². The summed E-state index contributed by atoms with van der Waals surface area (Å²) in [5, 5.41) is 5.53. The Morgan fingerprint density at radius 2 is 1.69 bits per heavy atom. The van der Waals surface area contributed by atoms with Crippen molar-refractivity contribution in [3.05, 3.63) is 35.4 Å². The van der Waals surface area contributed by atoms with Crippen molar-refractivity contribution in [1.29, 1.82) is 0 Å². The van der Waals surface area contributed by atoms with Gasteiger partial charge >= 0.3 is 6.09 Å². The number of aryl methyl sites for hydroxylation is 1. The van der Waals surface area contributed by atoms with Crippen molar-refractivity contribution < 1.29 is 18.5 Å². The number of benzene rings is 1. The van der Waals surface area contributed by atoms with Gasteiger partial charge in [-0.3, -0.25) is 4.79 Å². The molecule has 0 atom stereocenters. The Bertz CT molecular complexity index is 561. The molecule has 0 bridgehead atoms. The van der Waals surface area contributed by atoms with Gasteiger partial charge in [0.25, 0.3) is 0 Å². The summed E-state index contributed by atoms with van der Waals surface area (Å²) in [6.07, 6.45) is 1.37. The van der Waals surface area contributed by atoms with Gasteiger partial charge < -0.3 is 19.6 Å². The third kappa shape index (κ3) is 11.6. The third-order valence-electron chi connectivity index (χ3n) is 3.28. The van der Waals surface area contributed by atoms with Gasteiger partial charge in [-0.15, -0.1) is 0 Å². The molecule has 146 valence electrons. The molecular weight excluding hydrogens is 467 g/mol. The smallest absolute Gasteiger partial charge is 0.407 e. The zero-order valence-electron chi connectivity index (χ0n) is 15.5. The number of halogens is 1. The Labute approximate surface area is 172 Å². The maximum absolute atomic E-state index is 11.9. The number of ether oxygens (including phenoxy) is 1. The highest BCUT2D eigenvalue weighted by molar-refractivity contribution is 14.2. The minimum atomic E-state index is -0.502. The van der Waals surface area contributed by atoms with E-state index in [1.807, 2.05) is 45.0 Å². The summed E-state index contributed by atoms with van der Waals surface area (Å²) in [6.45, 7) is 7.02. The Balaban J connectivity index is 2.12. The summed E-state index contributed by atoms with van der Waals surface area (Å²) >= 11 is 2.09. The number of carbonyl (C=O) groups is 2. The van der Waals surface area contributed by atoms with Gasteiger partial charge in [-0.1, -0.05) is 24.3 Å². The van der Waals surface area contributed by atoms with Crippen molar-refractivity contribution >= 4 is 42.4 Å². The van der Waals surface area contributed by atoms with Gasteiger partial charge in [0.1, 0.15) is 5.60 Å². The Kier molecular flexibility index (Phi) is 11.0. The molecule has 8 heteroatoms. The van der Waals surface area contributed by atoms with Crippen LogP contribution in [0.4, 0.5) is 4.79 Å². The lowest BCUT2D eigenvalue weighted by Gasteiger charge is -2.19. The summed E-state index contributed by atoms with van der Waals surface area (Å²) in [4.78, 5) is 23.3. The van der Waals surface area contributed by atoms with E-state index in [1.54, 1.807) is 0 Å². The van der Waals surface area contributed by atoms with Crippen molar-refractivity contribution in [2.75, 3.05) is 13.1 Å². The minimum Gasteiger partial charge on any atom is -0.444 e. The van der Waals surface area contributed by atoms with Crippen molar-refractivity contribution in [2.24, 2.45) is 0 Å². The van der Waals surface area contributed by atoms with Gasteiger partial charge in [0.05, 0.1) is 15.8 Å². The van der Waals surface area contributed by atoms with Gasteiger partial charge in [0.15, 0.2) is 0 Å². The summed E-state index contributed by atoms with van der Waals surface area (Å²) in [5.74, 6) is 0.0102. The monoisotopic (exact) mass is 494 g/mol. The number of alkyl carbamates (subject to hydrolysis) is 1. The Morgan fingerprint density at radius 1 is 1.08 bits per heavy atom. The average molecular weight is 494 g/mol. The second-order valence-corrected chi connectivity index (χ2v) is 8.21.